The molecule has 0 unspecified atom stereocenters. The first-order chi connectivity index (χ1) is 14.4. The minimum absolute atomic E-state index is 0.0191. The molecule has 0 aliphatic rings. The number of hydrogen-bond donors (Lipinski definition) is 1. The van der Waals surface area contributed by atoms with Crippen LogP contribution in [0.5, 0.6) is 0 Å². The highest BCUT2D eigenvalue weighted by atomic mass is 32.2. The number of alkyl halides is 3. The van der Waals surface area contributed by atoms with Crippen molar-refractivity contribution >= 4 is 21.4 Å². The zero-order chi connectivity index (χ0) is 22.9. The van der Waals surface area contributed by atoms with Gasteiger partial charge in [0, 0.05) is 29.1 Å². The molecule has 1 N–H and O–H groups in total. The summed E-state index contributed by atoms with van der Waals surface area (Å²) in [5.41, 5.74) is -0.0395. The minimum atomic E-state index is -4.60. The number of nitrogens with one attached hydrogen (secondary N) is 1. The first-order valence-corrected chi connectivity index (χ1v) is 11.7. The largest absolute Gasteiger partial charge is 0.468 e. The summed E-state index contributed by atoms with van der Waals surface area (Å²) in [6.07, 6.45) is -2.04. The maximum atomic E-state index is 12.7. The van der Waals surface area contributed by atoms with Crippen molar-refractivity contribution in [2.45, 2.75) is 43.2 Å². The zero-order valence-electron chi connectivity index (χ0n) is 17.2. The number of halogens is 3. The van der Waals surface area contributed by atoms with Crippen LogP contribution in [-0.2, 0) is 22.7 Å². The number of rotatable bonds is 8. The van der Waals surface area contributed by atoms with E-state index in [0.29, 0.717) is 18.0 Å². The fourth-order valence-electron chi connectivity index (χ4n) is 2.86. The van der Waals surface area contributed by atoms with Crippen LogP contribution in [0.15, 0.2) is 55.9 Å². The quantitative estimate of drug-likeness (QED) is 0.484. The fourth-order valence-corrected chi connectivity index (χ4v) is 5.21. The van der Waals surface area contributed by atoms with Crippen LogP contribution in [-0.4, -0.2) is 31.9 Å². The highest BCUT2D eigenvalue weighted by Gasteiger charge is 2.35. The van der Waals surface area contributed by atoms with Crippen LogP contribution in [0.2, 0.25) is 0 Å². The van der Waals surface area contributed by atoms with Gasteiger partial charge in [0.25, 0.3) is 0 Å². The molecule has 0 aliphatic heterocycles. The third-order valence-corrected chi connectivity index (χ3v) is 7.65. The van der Waals surface area contributed by atoms with E-state index < -0.39 is 22.0 Å². The summed E-state index contributed by atoms with van der Waals surface area (Å²) in [6, 6.07) is 7.34. The smallest absolute Gasteiger partial charge is 0.449 e. The average Bonchev–Trinajstić information content (AvgIpc) is 3.39. The number of hydrogen-bond acceptors (Lipinski definition) is 6. The summed E-state index contributed by atoms with van der Waals surface area (Å²) in [5.74, 6) is -0.351. The SMILES string of the molecule is CC(C)(C)N(CCNS(=O)(=O)c1ccc(-c2coc(C(F)(F)F)c2)s1)Cc1ccco1. The molecule has 3 rings (SSSR count). The lowest BCUT2D eigenvalue weighted by atomic mass is 10.1. The van der Waals surface area contributed by atoms with Gasteiger partial charge in [0.05, 0.1) is 19.1 Å². The van der Waals surface area contributed by atoms with E-state index in [1.54, 1.807) is 12.3 Å². The molecule has 0 saturated heterocycles. The van der Waals surface area contributed by atoms with Crippen molar-refractivity contribution in [2.75, 3.05) is 13.1 Å². The van der Waals surface area contributed by atoms with Crippen molar-refractivity contribution in [3.63, 3.8) is 0 Å². The first kappa shape index (κ1) is 23.6. The fraction of sp³-hybridized carbons (Fsp3) is 0.400. The van der Waals surface area contributed by atoms with Crippen LogP contribution in [0.4, 0.5) is 13.2 Å². The van der Waals surface area contributed by atoms with Crippen molar-refractivity contribution in [1.82, 2.24) is 9.62 Å². The van der Waals surface area contributed by atoms with E-state index in [-0.39, 0.29) is 21.9 Å². The van der Waals surface area contributed by atoms with Crippen molar-refractivity contribution in [2.24, 2.45) is 0 Å². The van der Waals surface area contributed by atoms with Gasteiger partial charge in [-0.3, -0.25) is 4.90 Å². The Hall–Kier alpha value is -2.08. The number of nitrogens with zero attached hydrogens (tertiary/aromatic N) is 1. The standard InChI is InChI=1S/C20H23F3N2O4S2/c1-19(2,3)25(12-15-5-4-10-28-15)9-8-24-31(26,27)18-7-6-16(30-18)14-11-17(29-13-14)20(21,22)23/h4-7,10-11,13,24H,8-9,12H2,1-3H3. The molecule has 11 heteroatoms. The molecule has 0 spiro atoms. The number of furan rings is 2. The molecule has 3 heterocycles. The van der Waals surface area contributed by atoms with E-state index in [0.717, 1.165) is 29.4 Å². The topological polar surface area (TPSA) is 75.7 Å². The predicted molar refractivity (Wildman–Crippen MR) is 111 cm³/mol. The summed E-state index contributed by atoms with van der Waals surface area (Å²) in [5, 5.41) is 0. The minimum Gasteiger partial charge on any atom is -0.468 e. The highest BCUT2D eigenvalue weighted by molar-refractivity contribution is 7.91. The normalized spacial score (nSPS) is 13.3. The Bertz CT molecular complexity index is 1090. The Morgan fingerprint density at radius 2 is 1.87 bits per heavy atom. The molecular formula is C20H23F3N2O4S2. The van der Waals surface area contributed by atoms with Crippen LogP contribution in [0, 0.1) is 0 Å². The number of sulfonamides is 1. The first-order valence-electron chi connectivity index (χ1n) is 9.39. The lowest BCUT2D eigenvalue weighted by molar-refractivity contribution is -0.153. The second-order valence-corrected chi connectivity index (χ2v) is 11.0. The van der Waals surface area contributed by atoms with Gasteiger partial charge in [0.15, 0.2) is 0 Å². The van der Waals surface area contributed by atoms with Gasteiger partial charge in [0.2, 0.25) is 15.8 Å². The average molecular weight is 477 g/mol. The van der Waals surface area contributed by atoms with E-state index in [4.69, 9.17) is 4.42 Å². The van der Waals surface area contributed by atoms with Gasteiger partial charge in [-0.1, -0.05) is 0 Å². The van der Waals surface area contributed by atoms with Gasteiger partial charge < -0.3 is 8.83 Å². The van der Waals surface area contributed by atoms with Gasteiger partial charge in [-0.05, 0) is 51.1 Å². The lowest BCUT2D eigenvalue weighted by Crippen LogP contribution is -2.44. The maximum absolute atomic E-state index is 12.7. The summed E-state index contributed by atoms with van der Waals surface area (Å²) in [4.78, 5) is 2.45. The van der Waals surface area contributed by atoms with Gasteiger partial charge in [-0.25, -0.2) is 13.1 Å². The summed E-state index contributed by atoms with van der Waals surface area (Å²) in [6.45, 7) is 7.21. The van der Waals surface area contributed by atoms with Crippen LogP contribution >= 0.6 is 11.3 Å². The molecule has 0 atom stereocenters. The van der Waals surface area contributed by atoms with E-state index in [9.17, 15) is 21.6 Å². The summed E-state index contributed by atoms with van der Waals surface area (Å²) < 4.78 is 75.9. The molecule has 0 aromatic carbocycles. The molecule has 170 valence electrons. The Morgan fingerprint density at radius 3 is 2.45 bits per heavy atom. The third-order valence-electron chi connectivity index (χ3n) is 4.56. The molecule has 0 fully saturated rings. The molecule has 31 heavy (non-hydrogen) atoms. The van der Waals surface area contributed by atoms with E-state index in [1.807, 2.05) is 26.8 Å². The highest BCUT2D eigenvalue weighted by Crippen LogP contribution is 2.36. The summed E-state index contributed by atoms with van der Waals surface area (Å²) >= 11 is 0.879. The van der Waals surface area contributed by atoms with Crippen molar-refractivity contribution in [3.05, 3.63) is 54.4 Å². The molecule has 0 amide bonds. The van der Waals surface area contributed by atoms with E-state index in [1.165, 1.54) is 12.1 Å². The Balaban J connectivity index is 1.65. The Labute approximate surface area is 182 Å². The molecule has 0 aliphatic carbocycles. The monoisotopic (exact) mass is 476 g/mol. The van der Waals surface area contributed by atoms with Gasteiger partial charge in [-0.15, -0.1) is 11.3 Å². The number of thiophene rings is 1. The van der Waals surface area contributed by atoms with Crippen molar-refractivity contribution < 1.29 is 30.4 Å². The molecule has 0 radical (unpaired) electrons. The van der Waals surface area contributed by atoms with E-state index >= 15 is 0 Å². The summed E-state index contributed by atoms with van der Waals surface area (Å²) in [7, 11) is -3.81. The van der Waals surface area contributed by atoms with Gasteiger partial charge in [-0.2, -0.15) is 13.2 Å². The van der Waals surface area contributed by atoms with Crippen LogP contribution < -0.4 is 4.72 Å². The molecule has 3 aromatic rings. The maximum Gasteiger partial charge on any atom is 0.449 e. The second-order valence-electron chi connectivity index (χ2n) is 7.89. The molecule has 6 nitrogen and oxygen atoms in total. The van der Waals surface area contributed by atoms with Gasteiger partial charge in [0.1, 0.15) is 9.97 Å². The van der Waals surface area contributed by atoms with Gasteiger partial charge >= 0.3 is 6.18 Å². The molecule has 3 aromatic heterocycles. The van der Waals surface area contributed by atoms with Crippen LogP contribution in [0.3, 0.4) is 0 Å². The predicted octanol–water partition coefficient (Wildman–Crippen LogP) is 5.20. The third kappa shape index (κ3) is 6.00. The second kappa shape index (κ2) is 8.81. The van der Waals surface area contributed by atoms with Crippen molar-refractivity contribution in [1.29, 1.82) is 0 Å². The lowest BCUT2D eigenvalue weighted by Gasteiger charge is -2.35. The van der Waals surface area contributed by atoms with Crippen LogP contribution in [0.25, 0.3) is 10.4 Å². The van der Waals surface area contributed by atoms with Crippen LogP contribution in [0.1, 0.15) is 32.3 Å². The Morgan fingerprint density at radius 1 is 1.13 bits per heavy atom. The molecule has 0 saturated carbocycles. The Kier molecular flexibility index (Phi) is 6.70. The molecular weight excluding hydrogens is 453 g/mol. The zero-order valence-corrected chi connectivity index (χ0v) is 18.8. The van der Waals surface area contributed by atoms with Crippen molar-refractivity contribution in [3.8, 4) is 10.4 Å². The molecule has 0 bridgehead atoms. The van der Waals surface area contributed by atoms with E-state index in [2.05, 4.69) is 14.0 Å².